The summed E-state index contributed by atoms with van der Waals surface area (Å²) in [6, 6.07) is 9.08. The van der Waals surface area contributed by atoms with Crippen molar-refractivity contribution in [1.29, 1.82) is 0 Å². The normalized spacial score (nSPS) is 10.0. The first-order valence-corrected chi connectivity index (χ1v) is 5.64. The molecule has 2 aromatic rings. The van der Waals surface area contributed by atoms with Gasteiger partial charge in [-0.2, -0.15) is 0 Å². The number of nitrogens with one attached hydrogen (secondary N) is 1. The van der Waals surface area contributed by atoms with Gasteiger partial charge in [0.2, 0.25) is 0 Å². The Morgan fingerprint density at radius 3 is 2.05 bits per heavy atom. The first-order valence-electron chi connectivity index (χ1n) is 5.64. The Kier molecular flexibility index (Phi) is 3.85. The molecule has 1 aromatic heterocycles. The molecule has 2 rings (SSSR count). The fourth-order valence-corrected chi connectivity index (χ4v) is 1.68. The highest BCUT2D eigenvalue weighted by Crippen LogP contribution is 2.32. The standard InChI is InChI=1S/C12H10N4O4/c17-15(18)10-7-13-8-11(16(19)20)12(10)14-6-9-4-2-1-3-5-9/h1-5,7-8H,6H2,(H,13,14). The quantitative estimate of drug-likeness (QED) is 0.662. The van der Waals surface area contributed by atoms with Crippen molar-refractivity contribution in [2.24, 2.45) is 0 Å². The lowest BCUT2D eigenvalue weighted by Crippen LogP contribution is -2.06. The Morgan fingerprint density at radius 1 is 1.00 bits per heavy atom. The van der Waals surface area contributed by atoms with Crippen molar-refractivity contribution in [2.45, 2.75) is 6.54 Å². The average molecular weight is 274 g/mol. The second kappa shape index (κ2) is 5.74. The van der Waals surface area contributed by atoms with E-state index in [1.807, 2.05) is 30.3 Å². The minimum Gasteiger partial charge on any atom is -0.370 e. The minimum absolute atomic E-state index is 0.140. The lowest BCUT2D eigenvalue weighted by atomic mass is 10.2. The Morgan fingerprint density at radius 2 is 1.55 bits per heavy atom. The summed E-state index contributed by atoms with van der Waals surface area (Å²) in [7, 11) is 0. The highest BCUT2D eigenvalue weighted by atomic mass is 16.6. The molecule has 102 valence electrons. The molecule has 0 aliphatic carbocycles. The molecule has 0 saturated carbocycles. The molecule has 1 N–H and O–H groups in total. The van der Waals surface area contributed by atoms with E-state index in [0.717, 1.165) is 18.0 Å². The maximum atomic E-state index is 10.9. The topological polar surface area (TPSA) is 111 Å². The second-order valence-corrected chi connectivity index (χ2v) is 3.91. The largest absolute Gasteiger partial charge is 0.370 e. The summed E-state index contributed by atoms with van der Waals surface area (Å²) < 4.78 is 0. The number of rotatable bonds is 5. The summed E-state index contributed by atoms with van der Waals surface area (Å²) in [5, 5.41) is 24.6. The smallest absolute Gasteiger partial charge is 0.317 e. The molecule has 0 atom stereocenters. The van der Waals surface area contributed by atoms with Gasteiger partial charge < -0.3 is 5.32 Å². The molecular weight excluding hydrogens is 264 g/mol. The summed E-state index contributed by atoms with van der Waals surface area (Å²) in [5.41, 5.74) is -0.128. The van der Waals surface area contributed by atoms with Gasteiger partial charge >= 0.3 is 11.4 Å². The van der Waals surface area contributed by atoms with Crippen LogP contribution in [0.3, 0.4) is 0 Å². The van der Waals surface area contributed by atoms with Gasteiger partial charge in [0.15, 0.2) is 5.69 Å². The number of anilines is 1. The maximum Gasteiger partial charge on any atom is 0.317 e. The first-order chi connectivity index (χ1) is 9.59. The monoisotopic (exact) mass is 274 g/mol. The first kappa shape index (κ1) is 13.4. The van der Waals surface area contributed by atoms with Gasteiger partial charge in [-0.05, 0) is 5.56 Å². The zero-order valence-electron chi connectivity index (χ0n) is 10.2. The van der Waals surface area contributed by atoms with E-state index in [0.29, 0.717) is 0 Å². The molecule has 8 nitrogen and oxygen atoms in total. The lowest BCUT2D eigenvalue weighted by molar-refractivity contribution is -0.392. The number of aromatic nitrogens is 1. The third-order valence-corrected chi connectivity index (χ3v) is 2.61. The van der Waals surface area contributed by atoms with E-state index in [9.17, 15) is 20.2 Å². The van der Waals surface area contributed by atoms with Gasteiger partial charge in [-0.3, -0.25) is 25.2 Å². The molecule has 0 spiro atoms. The Balaban J connectivity index is 2.33. The molecule has 20 heavy (non-hydrogen) atoms. The van der Waals surface area contributed by atoms with Crippen molar-refractivity contribution in [3.05, 3.63) is 68.5 Å². The zero-order chi connectivity index (χ0) is 14.5. The van der Waals surface area contributed by atoms with Crippen LogP contribution < -0.4 is 5.32 Å². The van der Waals surface area contributed by atoms with Gasteiger partial charge in [0.1, 0.15) is 12.4 Å². The van der Waals surface area contributed by atoms with Crippen LogP contribution in [0.4, 0.5) is 17.1 Å². The Bertz CT molecular complexity index is 613. The van der Waals surface area contributed by atoms with E-state index in [2.05, 4.69) is 10.3 Å². The summed E-state index contributed by atoms with van der Waals surface area (Å²) >= 11 is 0. The van der Waals surface area contributed by atoms with Crippen molar-refractivity contribution in [3.63, 3.8) is 0 Å². The number of benzene rings is 1. The summed E-state index contributed by atoms with van der Waals surface area (Å²) in [6.07, 6.45) is 1.97. The molecule has 1 heterocycles. The molecule has 0 bridgehead atoms. The Labute approximate surface area is 113 Å². The zero-order valence-corrected chi connectivity index (χ0v) is 10.2. The minimum atomic E-state index is -0.701. The van der Waals surface area contributed by atoms with Crippen LogP contribution >= 0.6 is 0 Å². The van der Waals surface area contributed by atoms with E-state index < -0.39 is 21.2 Å². The van der Waals surface area contributed by atoms with Gasteiger partial charge in [0.05, 0.1) is 9.85 Å². The van der Waals surface area contributed by atoms with Gasteiger partial charge in [-0.25, -0.2) is 0 Å². The number of nitro groups is 2. The molecule has 0 amide bonds. The van der Waals surface area contributed by atoms with Crippen LogP contribution in [-0.2, 0) is 6.54 Å². The van der Waals surface area contributed by atoms with Gasteiger partial charge in [0.25, 0.3) is 0 Å². The number of pyridine rings is 1. The van der Waals surface area contributed by atoms with Crippen LogP contribution in [0, 0.1) is 20.2 Å². The molecule has 0 aliphatic heterocycles. The fourth-order valence-electron chi connectivity index (χ4n) is 1.68. The van der Waals surface area contributed by atoms with Crippen molar-refractivity contribution < 1.29 is 9.85 Å². The lowest BCUT2D eigenvalue weighted by Gasteiger charge is -2.07. The van der Waals surface area contributed by atoms with Crippen molar-refractivity contribution >= 4 is 17.1 Å². The third kappa shape index (κ3) is 2.86. The molecule has 0 saturated heterocycles. The van der Waals surface area contributed by atoms with E-state index in [-0.39, 0.29) is 12.2 Å². The van der Waals surface area contributed by atoms with Gasteiger partial charge in [-0.1, -0.05) is 30.3 Å². The van der Waals surface area contributed by atoms with Crippen molar-refractivity contribution in [1.82, 2.24) is 4.98 Å². The van der Waals surface area contributed by atoms with Crippen LogP contribution in [0.1, 0.15) is 5.56 Å². The average Bonchev–Trinajstić information content (AvgIpc) is 2.45. The number of hydrogen-bond acceptors (Lipinski definition) is 6. The van der Waals surface area contributed by atoms with E-state index in [1.165, 1.54) is 0 Å². The molecule has 1 aromatic carbocycles. The van der Waals surface area contributed by atoms with Crippen molar-refractivity contribution in [2.75, 3.05) is 5.32 Å². The van der Waals surface area contributed by atoms with E-state index in [1.54, 1.807) is 0 Å². The van der Waals surface area contributed by atoms with Crippen LogP contribution in [-0.4, -0.2) is 14.8 Å². The summed E-state index contributed by atoms with van der Waals surface area (Å²) in [5.74, 6) is 0. The fraction of sp³-hybridized carbons (Fsp3) is 0.0833. The molecule has 8 heteroatoms. The highest BCUT2D eigenvalue weighted by Gasteiger charge is 2.25. The SMILES string of the molecule is O=[N+]([O-])c1cncc([N+](=O)[O-])c1NCc1ccccc1. The predicted octanol–water partition coefficient (Wildman–Crippen LogP) is 2.51. The van der Waals surface area contributed by atoms with E-state index >= 15 is 0 Å². The second-order valence-electron chi connectivity index (χ2n) is 3.91. The van der Waals surface area contributed by atoms with Crippen LogP contribution in [0.15, 0.2) is 42.7 Å². The molecule has 0 aliphatic rings. The number of nitrogens with zero attached hydrogens (tertiary/aromatic N) is 3. The highest BCUT2D eigenvalue weighted by molar-refractivity contribution is 5.72. The van der Waals surface area contributed by atoms with Crippen LogP contribution in [0.2, 0.25) is 0 Å². The van der Waals surface area contributed by atoms with Gasteiger partial charge in [-0.15, -0.1) is 0 Å². The van der Waals surface area contributed by atoms with Crippen LogP contribution in [0.25, 0.3) is 0 Å². The Hall–Kier alpha value is -3.03. The summed E-state index contributed by atoms with van der Waals surface area (Å²) in [6.45, 7) is 0.243. The predicted molar refractivity (Wildman–Crippen MR) is 71.3 cm³/mol. The molecule has 0 unspecified atom stereocenters. The summed E-state index contributed by atoms with van der Waals surface area (Å²) in [4.78, 5) is 23.9. The van der Waals surface area contributed by atoms with Crippen molar-refractivity contribution in [3.8, 4) is 0 Å². The third-order valence-electron chi connectivity index (χ3n) is 2.61. The number of hydrogen-bond donors (Lipinski definition) is 1. The maximum absolute atomic E-state index is 10.9. The van der Waals surface area contributed by atoms with Gasteiger partial charge in [0, 0.05) is 6.54 Å². The molecular formula is C12H10N4O4. The van der Waals surface area contributed by atoms with Crippen LogP contribution in [0.5, 0.6) is 0 Å². The molecule has 0 radical (unpaired) electrons. The van der Waals surface area contributed by atoms with E-state index in [4.69, 9.17) is 0 Å². The molecule has 0 fully saturated rings.